The fourth-order valence-corrected chi connectivity index (χ4v) is 5.06. The first-order valence-corrected chi connectivity index (χ1v) is 11.6. The Morgan fingerprint density at radius 2 is 1.45 bits per heavy atom. The second-order valence-electron chi connectivity index (χ2n) is 7.34. The van der Waals surface area contributed by atoms with Crippen LogP contribution >= 0.6 is 0 Å². The van der Waals surface area contributed by atoms with E-state index in [-0.39, 0.29) is 15.2 Å². The Morgan fingerprint density at radius 1 is 0.818 bits per heavy atom. The molecule has 7 nitrogen and oxygen atoms in total. The molecule has 0 unspecified atom stereocenters. The Morgan fingerprint density at radius 3 is 2.06 bits per heavy atom. The number of hydrogen-bond acceptors (Lipinski definition) is 6. The van der Waals surface area contributed by atoms with E-state index in [0.717, 1.165) is 5.56 Å². The summed E-state index contributed by atoms with van der Waals surface area (Å²) in [4.78, 5) is 13.1. The minimum absolute atomic E-state index is 0.0536. The first-order chi connectivity index (χ1) is 15.9. The van der Waals surface area contributed by atoms with Gasteiger partial charge in [0.25, 0.3) is 0 Å². The van der Waals surface area contributed by atoms with Crippen LogP contribution in [0.15, 0.2) is 87.5 Å². The zero-order valence-electron chi connectivity index (χ0n) is 18.4. The van der Waals surface area contributed by atoms with Gasteiger partial charge in [-0.1, -0.05) is 30.3 Å². The monoisotopic (exact) mass is 465 g/mol. The highest BCUT2D eigenvalue weighted by Crippen LogP contribution is 2.32. The first-order valence-electron chi connectivity index (χ1n) is 10.1. The summed E-state index contributed by atoms with van der Waals surface area (Å²) in [6, 6.07) is 18.5. The SMILES string of the molecule is COc1ccc(Cn2cc(S(=O)(=O)c3ccccc3)c(=O)c3cc(OC)c(OC)cc32)cc1. The summed E-state index contributed by atoms with van der Waals surface area (Å²) < 4.78 is 44.5. The number of nitrogens with zero attached hydrogens (tertiary/aromatic N) is 1. The van der Waals surface area contributed by atoms with Crippen molar-refractivity contribution in [2.75, 3.05) is 21.3 Å². The lowest BCUT2D eigenvalue weighted by Crippen LogP contribution is -2.20. The lowest BCUT2D eigenvalue weighted by Gasteiger charge is -2.16. The van der Waals surface area contributed by atoms with Gasteiger partial charge in [0.1, 0.15) is 10.6 Å². The van der Waals surface area contributed by atoms with E-state index in [1.165, 1.54) is 38.6 Å². The van der Waals surface area contributed by atoms with Gasteiger partial charge in [0.05, 0.1) is 37.1 Å². The minimum Gasteiger partial charge on any atom is -0.497 e. The van der Waals surface area contributed by atoms with Gasteiger partial charge in [0.2, 0.25) is 15.3 Å². The molecule has 33 heavy (non-hydrogen) atoms. The molecule has 8 heteroatoms. The average Bonchev–Trinajstić information content (AvgIpc) is 2.85. The van der Waals surface area contributed by atoms with Crippen molar-refractivity contribution in [3.63, 3.8) is 0 Å². The molecule has 0 saturated carbocycles. The molecule has 4 rings (SSSR count). The van der Waals surface area contributed by atoms with E-state index >= 15 is 0 Å². The van der Waals surface area contributed by atoms with Crippen LogP contribution in [0.2, 0.25) is 0 Å². The van der Waals surface area contributed by atoms with E-state index in [2.05, 4.69) is 0 Å². The van der Waals surface area contributed by atoms with Crippen LogP contribution in [0.3, 0.4) is 0 Å². The predicted molar refractivity (Wildman–Crippen MR) is 125 cm³/mol. The van der Waals surface area contributed by atoms with Crippen molar-refractivity contribution >= 4 is 20.7 Å². The molecule has 0 N–H and O–H groups in total. The Labute approximate surface area is 191 Å². The number of benzene rings is 3. The highest BCUT2D eigenvalue weighted by Gasteiger charge is 2.24. The van der Waals surface area contributed by atoms with Gasteiger partial charge in [-0.2, -0.15) is 0 Å². The number of rotatable bonds is 7. The van der Waals surface area contributed by atoms with Crippen LogP contribution in [0.1, 0.15) is 5.56 Å². The highest BCUT2D eigenvalue weighted by molar-refractivity contribution is 7.91. The molecule has 0 atom stereocenters. The summed E-state index contributed by atoms with van der Waals surface area (Å²) in [5.74, 6) is 1.49. The van der Waals surface area contributed by atoms with Crippen molar-refractivity contribution in [3.05, 3.63) is 88.7 Å². The molecule has 0 aliphatic carbocycles. The molecule has 3 aromatic carbocycles. The van der Waals surface area contributed by atoms with Crippen LogP contribution in [0.4, 0.5) is 0 Å². The summed E-state index contributed by atoms with van der Waals surface area (Å²) in [5, 5.41) is 0.221. The Kier molecular flexibility index (Phi) is 6.11. The molecule has 0 bridgehead atoms. The number of fused-ring (bicyclic) bond motifs is 1. The summed E-state index contributed by atoms with van der Waals surface area (Å²) in [6.07, 6.45) is 1.39. The maximum absolute atomic E-state index is 13.4. The van der Waals surface area contributed by atoms with Gasteiger partial charge in [-0.3, -0.25) is 4.79 Å². The minimum atomic E-state index is -4.05. The molecule has 0 amide bonds. The molecule has 0 saturated heterocycles. The van der Waals surface area contributed by atoms with Gasteiger partial charge in [-0.05, 0) is 35.9 Å². The lowest BCUT2D eigenvalue weighted by molar-refractivity contribution is 0.355. The third-order valence-electron chi connectivity index (χ3n) is 5.41. The van der Waals surface area contributed by atoms with Crippen LogP contribution in [0.25, 0.3) is 10.9 Å². The zero-order valence-corrected chi connectivity index (χ0v) is 19.3. The van der Waals surface area contributed by atoms with Crippen LogP contribution in [0.5, 0.6) is 17.2 Å². The number of sulfone groups is 1. The third kappa shape index (κ3) is 4.17. The molecular weight excluding hydrogens is 442 g/mol. The number of methoxy groups -OCH3 is 3. The number of pyridine rings is 1. The first kappa shape index (κ1) is 22.4. The molecule has 0 aliphatic rings. The Balaban J connectivity index is 1.99. The van der Waals surface area contributed by atoms with Crippen LogP contribution < -0.4 is 19.6 Å². The highest BCUT2D eigenvalue weighted by atomic mass is 32.2. The van der Waals surface area contributed by atoms with Gasteiger partial charge in [0.15, 0.2) is 11.5 Å². The standard InChI is InChI=1S/C25H23NO6S/c1-30-18-11-9-17(10-12-18)15-26-16-24(33(28,29)19-7-5-4-6-8-19)25(27)20-13-22(31-2)23(32-3)14-21(20)26/h4-14,16H,15H2,1-3H3. The van der Waals surface area contributed by atoms with Crippen LogP contribution in [-0.4, -0.2) is 34.3 Å². The van der Waals surface area contributed by atoms with E-state index in [1.54, 1.807) is 35.9 Å². The van der Waals surface area contributed by atoms with Gasteiger partial charge in [-0.15, -0.1) is 0 Å². The van der Waals surface area contributed by atoms with Gasteiger partial charge >= 0.3 is 0 Å². The average molecular weight is 466 g/mol. The molecule has 4 aromatic rings. The maximum Gasteiger partial charge on any atom is 0.211 e. The lowest BCUT2D eigenvalue weighted by atomic mass is 10.1. The van der Waals surface area contributed by atoms with E-state index in [1.807, 2.05) is 24.3 Å². The van der Waals surface area contributed by atoms with Crippen molar-refractivity contribution < 1.29 is 22.6 Å². The third-order valence-corrected chi connectivity index (χ3v) is 7.17. The van der Waals surface area contributed by atoms with E-state index in [9.17, 15) is 13.2 Å². The molecule has 0 aliphatic heterocycles. The normalized spacial score (nSPS) is 11.4. The number of aromatic nitrogens is 1. The second-order valence-corrected chi connectivity index (χ2v) is 9.26. The largest absolute Gasteiger partial charge is 0.497 e. The van der Waals surface area contributed by atoms with Crippen LogP contribution in [-0.2, 0) is 16.4 Å². The molecule has 0 spiro atoms. The molecule has 170 valence electrons. The smallest absolute Gasteiger partial charge is 0.211 e. The van der Waals surface area contributed by atoms with Gasteiger partial charge < -0.3 is 18.8 Å². The molecule has 0 fully saturated rings. The Bertz CT molecular complexity index is 1460. The fraction of sp³-hybridized carbons (Fsp3) is 0.160. The predicted octanol–water partition coefficient (Wildman–Crippen LogP) is 3.91. The van der Waals surface area contributed by atoms with Crippen molar-refractivity contribution in [1.29, 1.82) is 0 Å². The Hall–Kier alpha value is -3.78. The fourth-order valence-electron chi connectivity index (χ4n) is 3.67. The van der Waals surface area contributed by atoms with E-state index in [0.29, 0.717) is 29.3 Å². The van der Waals surface area contributed by atoms with Gasteiger partial charge in [0, 0.05) is 18.8 Å². The van der Waals surface area contributed by atoms with Crippen molar-refractivity contribution in [2.24, 2.45) is 0 Å². The summed E-state index contributed by atoms with van der Waals surface area (Å²) in [6.45, 7) is 0.327. The van der Waals surface area contributed by atoms with Gasteiger partial charge in [-0.25, -0.2) is 8.42 Å². The molecule has 0 radical (unpaired) electrons. The van der Waals surface area contributed by atoms with Crippen LogP contribution in [0, 0.1) is 0 Å². The maximum atomic E-state index is 13.4. The molecular formula is C25H23NO6S. The second kappa shape index (κ2) is 8.99. The topological polar surface area (TPSA) is 83.8 Å². The van der Waals surface area contributed by atoms with E-state index < -0.39 is 15.3 Å². The summed E-state index contributed by atoms with van der Waals surface area (Å²) in [7, 11) is 0.507. The molecule has 1 heterocycles. The summed E-state index contributed by atoms with van der Waals surface area (Å²) in [5.41, 5.74) is 0.833. The number of hydrogen-bond donors (Lipinski definition) is 0. The number of ether oxygens (including phenoxy) is 3. The van der Waals surface area contributed by atoms with E-state index in [4.69, 9.17) is 14.2 Å². The van der Waals surface area contributed by atoms with Crippen molar-refractivity contribution in [2.45, 2.75) is 16.3 Å². The van der Waals surface area contributed by atoms with Crippen molar-refractivity contribution in [3.8, 4) is 17.2 Å². The quantitative estimate of drug-likeness (QED) is 0.412. The zero-order chi connectivity index (χ0) is 23.6. The summed E-state index contributed by atoms with van der Waals surface area (Å²) >= 11 is 0. The molecule has 1 aromatic heterocycles. The van der Waals surface area contributed by atoms with Crippen molar-refractivity contribution in [1.82, 2.24) is 4.57 Å².